The Labute approximate surface area is 204 Å². The molecule has 1 heterocycles. The third kappa shape index (κ3) is 6.73. The molecule has 5 N–H and O–H groups in total. The molecule has 10 heteroatoms. The summed E-state index contributed by atoms with van der Waals surface area (Å²) in [7, 11) is 1.58. The molecule has 0 spiro atoms. The van der Waals surface area contributed by atoms with Crippen LogP contribution in [0.4, 0.5) is 10.5 Å². The van der Waals surface area contributed by atoms with E-state index in [4.69, 9.17) is 15.2 Å². The lowest BCUT2D eigenvalue weighted by molar-refractivity contribution is -0.130. The Balaban J connectivity index is 1.89. The maximum atomic E-state index is 13.3. The molecule has 186 valence electrons. The van der Waals surface area contributed by atoms with Gasteiger partial charge in [0.2, 0.25) is 0 Å². The van der Waals surface area contributed by atoms with Crippen molar-refractivity contribution in [3.05, 3.63) is 60.4 Å². The van der Waals surface area contributed by atoms with E-state index in [1.54, 1.807) is 50.4 Å². The van der Waals surface area contributed by atoms with Gasteiger partial charge in [-0.05, 0) is 55.7 Å². The molecule has 3 rings (SSSR count). The number of urea groups is 1. The van der Waals surface area contributed by atoms with Crippen LogP contribution >= 0.6 is 0 Å². The Kier molecular flexibility index (Phi) is 8.32. The van der Waals surface area contributed by atoms with E-state index in [0.717, 1.165) is 16.7 Å². The van der Waals surface area contributed by atoms with Crippen LogP contribution in [0, 0.1) is 0 Å². The summed E-state index contributed by atoms with van der Waals surface area (Å²) >= 11 is 0. The van der Waals surface area contributed by atoms with Crippen LogP contribution in [-0.2, 0) is 11.3 Å². The number of nitrogens with two attached hydrogens (primary N) is 1. The predicted molar refractivity (Wildman–Crippen MR) is 132 cm³/mol. The van der Waals surface area contributed by atoms with E-state index in [2.05, 4.69) is 15.5 Å². The van der Waals surface area contributed by atoms with Gasteiger partial charge in [0.05, 0.1) is 19.0 Å². The number of hydrogen-bond acceptors (Lipinski definition) is 6. The summed E-state index contributed by atoms with van der Waals surface area (Å²) in [5, 5.41) is 18.9. The number of nitrogens with zero attached hydrogens (tertiary/aromatic N) is 2. The highest BCUT2D eigenvalue weighted by Gasteiger charge is 2.29. The normalized spacial score (nSPS) is 11.1. The fourth-order valence-electron chi connectivity index (χ4n) is 3.32. The van der Waals surface area contributed by atoms with Gasteiger partial charge in [-0.3, -0.25) is 9.89 Å². The SMILES string of the molecule is COc1cccc(CN(CCCO)C(=O)Nc2ccc(-c3cn[nH]c3)cc2OC(C)(C)C(N)=O)c1. The van der Waals surface area contributed by atoms with Crippen LogP contribution in [0.1, 0.15) is 25.8 Å². The smallest absolute Gasteiger partial charge is 0.322 e. The Hall–Kier alpha value is -4.05. The van der Waals surface area contributed by atoms with Crippen LogP contribution in [-0.4, -0.2) is 58.0 Å². The third-order valence-electron chi connectivity index (χ3n) is 5.39. The maximum absolute atomic E-state index is 13.3. The van der Waals surface area contributed by atoms with E-state index in [1.165, 1.54) is 0 Å². The molecule has 0 saturated heterocycles. The second kappa shape index (κ2) is 11.4. The number of benzene rings is 2. The number of carbonyl (C=O) groups is 2. The van der Waals surface area contributed by atoms with Gasteiger partial charge in [-0.1, -0.05) is 18.2 Å². The molecule has 0 unspecified atom stereocenters. The number of nitrogens with one attached hydrogen (secondary N) is 2. The molecule has 3 aromatic rings. The van der Waals surface area contributed by atoms with Crippen molar-refractivity contribution in [2.45, 2.75) is 32.4 Å². The van der Waals surface area contributed by atoms with E-state index in [0.29, 0.717) is 30.9 Å². The molecular weight excluding hydrogens is 450 g/mol. The van der Waals surface area contributed by atoms with E-state index in [1.807, 2.05) is 30.3 Å². The number of aromatic amines is 1. The number of ether oxygens (including phenoxy) is 2. The number of aliphatic hydroxyl groups is 1. The molecule has 0 radical (unpaired) electrons. The number of carbonyl (C=O) groups excluding carboxylic acids is 2. The summed E-state index contributed by atoms with van der Waals surface area (Å²) in [6.45, 7) is 3.70. The largest absolute Gasteiger partial charge is 0.497 e. The molecule has 0 aliphatic rings. The maximum Gasteiger partial charge on any atom is 0.322 e. The zero-order valence-electron chi connectivity index (χ0n) is 20.1. The van der Waals surface area contributed by atoms with Crippen molar-refractivity contribution < 1.29 is 24.2 Å². The average molecular weight is 482 g/mol. The lowest BCUT2D eigenvalue weighted by Crippen LogP contribution is -2.43. The first-order valence-corrected chi connectivity index (χ1v) is 11.2. The van der Waals surface area contributed by atoms with Crippen LogP contribution in [0.15, 0.2) is 54.9 Å². The van der Waals surface area contributed by atoms with Gasteiger partial charge in [0.15, 0.2) is 5.60 Å². The minimum absolute atomic E-state index is 0.0531. The molecule has 1 aromatic heterocycles. The molecule has 10 nitrogen and oxygen atoms in total. The summed E-state index contributed by atoms with van der Waals surface area (Å²) < 4.78 is 11.2. The average Bonchev–Trinajstić information content (AvgIpc) is 3.37. The monoisotopic (exact) mass is 481 g/mol. The number of aromatic nitrogens is 2. The highest BCUT2D eigenvalue weighted by atomic mass is 16.5. The minimum Gasteiger partial charge on any atom is -0.497 e. The number of hydrogen-bond donors (Lipinski definition) is 4. The van der Waals surface area contributed by atoms with Gasteiger partial charge >= 0.3 is 6.03 Å². The number of anilines is 1. The van der Waals surface area contributed by atoms with Crippen molar-refractivity contribution in [3.8, 4) is 22.6 Å². The van der Waals surface area contributed by atoms with Gasteiger partial charge in [0.25, 0.3) is 5.91 Å². The Bertz CT molecular complexity index is 1150. The van der Waals surface area contributed by atoms with Gasteiger partial charge in [0.1, 0.15) is 11.5 Å². The van der Waals surface area contributed by atoms with Crippen LogP contribution in [0.2, 0.25) is 0 Å². The summed E-state index contributed by atoms with van der Waals surface area (Å²) in [6, 6.07) is 12.3. The fraction of sp³-hybridized carbons (Fsp3) is 0.320. The fourth-order valence-corrected chi connectivity index (χ4v) is 3.32. The van der Waals surface area contributed by atoms with Gasteiger partial charge in [0, 0.05) is 31.5 Å². The van der Waals surface area contributed by atoms with E-state index >= 15 is 0 Å². The first-order valence-electron chi connectivity index (χ1n) is 11.2. The van der Waals surface area contributed by atoms with Crippen LogP contribution in [0.5, 0.6) is 11.5 Å². The molecule has 2 aromatic carbocycles. The predicted octanol–water partition coefficient (Wildman–Crippen LogP) is 3.14. The Morgan fingerprint density at radius 3 is 2.66 bits per heavy atom. The molecular formula is C25H31N5O5. The van der Waals surface area contributed by atoms with Gasteiger partial charge in [-0.25, -0.2) is 4.79 Å². The van der Waals surface area contributed by atoms with Crippen LogP contribution in [0.3, 0.4) is 0 Å². The first-order chi connectivity index (χ1) is 16.7. The molecule has 0 atom stereocenters. The third-order valence-corrected chi connectivity index (χ3v) is 5.39. The summed E-state index contributed by atoms with van der Waals surface area (Å²) in [6.07, 6.45) is 3.79. The number of amides is 3. The van der Waals surface area contributed by atoms with Crippen molar-refractivity contribution >= 4 is 17.6 Å². The number of primary amides is 1. The lowest BCUT2D eigenvalue weighted by Gasteiger charge is -2.27. The van der Waals surface area contributed by atoms with Crippen molar-refractivity contribution in [2.24, 2.45) is 5.73 Å². The van der Waals surface area contributed by atoms with Crippen molar-refractivity contribution in [3.63, 3.8) is 0 Å². The van der Waals surface area contributed by atoms with Crippen molar-refractivity contribution in [1.29, 1.82) is 0 Å². The molecule has 0 fully saturated rings. The van der Waals surface area contributed by atoms with E-state index in [-0.39, 0.29) is 18.4 Å². The Morgan fingerprint density at radius 2 is 2.00 bits per heavy atom. The highest BCUT2D eigenvalue weighted by Crippen LogP contribution is 2.33. The molecule has 0 bridgehead atoms. The quantitative estimate of drug-likeness (QED) is 0.331. The van der Waals surface area contributed by atoms with Crippen LogP contribution < -0.4 is 20.5 Å². The second-order valence-corrected chi connectivity index (χ2v) is 8.45. The molecule has 0 saturated carbocycles. The first kappa shape index (κ1) is 25.6. The molecule has 0 aliphatic carbocycles. The zero-order chi connectivity index (χ0) is 25.4. The summed E-state index contributed by atoms with van der Waals surface area (Å²) in [4.78, 5) is 26.8. The molecule has 0 aliphatic heterocycles. The van der Waals surface area contributed by atoms with Crippen molar-refractivity contribution in [2.75, 3.05) is 25.6 Å². The zero-order valence-corrected chi connectivity index (χ0v) is 20.1. The highest BCUT2D eigenvalue weighted by molar-refractivity contribution is 5.92. The Morgan fingerprint density at radius 1 is 1.20 bits per heavy atom. The number of aliphatic hydroxyl groups excluding tert-OH is 1. The topological polar surface area (TPSA) is 143 Å². The minimum atomic E-state index is -1.31. The number of methoxy groups -OCH3 is 1. The van der Waals surface area contributed by atoms with E-state index < -0.39 is 11.5 Å². The second-order valence-electron chi connectivity index (χ2n) is 8.45. The summed E-state index contributed by atoms with van der Waals surface area (Å²) in [5.41, 5.74) is 7.03. The van der Waals surface area contributed by atoms with Gasteiger partial charge < -0.3 is 30.5 Å². The lowest BCUT2D eigenvalue weighted by atomic mass is 10.1. The molecule has 3 amide bonds. The van der Waals surface area contributed by atoms with E-state index in [9.17, 15) is 14.7 Å². The number of H-pyrrole nitrogens is 1. The summed E-state index contributed by atoms with van der Waals surface area (Å²) in [5.74, 6) is 0.319. The van der Waals surface area contributed by atoms with Gasteiger partial charge in [-0.15, -0.1) is 0 Å². The molecule has 35 heavy (non-hydrogen) atoms. The number of rotatable bonds is 11. The van der Waals surface area contributed by atoms with Crippen LogP contribution in [0.25, 0.3) is 11.1 Å². The van der Waals surface area contributed by atoms with Gasteiger partial charge in [-0.2, -0.15) is 5.10 Å². The van der Waals surface area contributed by atoms with Crippen molar-refractivity contribution in [1.82, 2.24) is 15.1 Å². The standard InChI is InChI=1S/C25H31N5O5/c1-25(2,23(26)32)35-22-13-18(19-14-27-28-15-19)8-9-21(22)29-24(33)30(10-5-11-31)16-17-6-4-7-20(12-17)34-3/h4,6-9,12-15,31H,5,10-11,16H2,1-3H3,(H2,26,32)(H,27,28)(H,29,33).